The molecule has 2 aromatic rings. The van der Waals surface area contributed by atoms with Gasteiger partial charge in [0.1, 0.15) is 5.75 Å². The van der Waals surface area contributed by atoms with Crippen LogP contribution in [-0.2, 0) is 11.2 Å². The van der Waals surface area contributed by atoms with Crippen molar-refractivity contribution in [1.29, 1.82) is 0 Å². The summed E-state index contributed by atoms with van der Waals surface area (Å²) in [6, 6.07) is 9.27. The van der Waals surface area contributed by atoms with Crippen molar-refractivity contribution in [3.8, 4) is 5.75 Å². The largest absolute Gasteiger partial charge is 0.459 e. The lowest BCUT2D eigenvalue weighted by Gasteiger charge is -2.34. The summed E-state index contributed by atoms with van der Waals surface area (Å²) in [5.74, 6) is 0.0893. The van der Waals surface area contributed by atoms with E-state index in [4.69, 9.17) is 4.42 Å². The van der Waals surface area contributed by atoms with E-state index in [1.807, 2.05) is 0 Å². The molecule has 2 heterocycles. The van der Waals surface area contributed by atoms with E-state index in [1.54, 1.807) is 34.1 Å². The molecule has 3 rings (SSSR count). The molecule has 0 bridgehead atoms. The van der Waals surface area contributed by atoms with Gasteiger partial charge in [-0.15, -0.1) is 0 Å². The highest BCUT2D eigenvalue weighted by Crippen LogP contribution is 2.16. The lowest BCUT2D eigenvalue weighted by molar-refractivity contribution is -0.131. The first-order chi connectivity index (χ1) is 12.5. The molecule has 0 spiro atoms. The first kappa shape index (κ1) is 17.9. The molecule has 0 atom stereocenters. The van der Waals surface area contributed by atoms with Gasteiger partial charge in [-0.25, -0.2) is 0 Å². The normalized spacial score (nSPS) is 14.6. The molecule has 2 amide bonds. The van der Waals surface area contributed by atoms with Crippen LogP contribution in [0.4, 0.5) is 8.78 Å². The zero-order chi connectivity index (χ0) is 18.5. The molecule has 0 unspecified atom stereocenters. The smallest absolute Gasteiger partial charge is 0.387 e. The zero-order valence-corrected chi connectivity index (χ0v) is 13.9. The Morgan fingerprint density at radius 1 is 1.04 bits per heavy atom. The number of halogens is 2. The van der Waals surface area contributed by atoms with E-state index >= 15 is 0 Å². The van der Waals surface area contributed by atoms with Crippen molar-refractivity contribution in [1.82, 2.24) is 9.80 Å². The molecule has 1 saturated heterocycles. The Kier molecular flexibility index (Phi) is 5.50. The number of ether oxygens (including phenoxy) is 1. The van der Waals surface area contributed by atoms with E-state index in [1.165, 1.54) is 18.4 Å². The van der Waals surface area contributed by atoms with Crippen LogP contribution in [0.2, 0.25) is 0 Å². The van der Waals surface area contributed by atoms with Crippen LogP contribution in [0.15, 0.2) is 47.1 Å². The third-order valence-corrected chi connectivity index (χ3v) is 4.16. The lowest BCUT2D eigenvalue weighted by atomic mass is 10.1. The van der Waals surface area contributed by atoms with Gasteiger partial charge in [0.15, 0.2) is 5.76 Å². The van der Waals surface area contributed by atoms with Crippen molar-refractivity contribution in [2.75, 3.05) is 26.2 Å². The number of rotatable bonds is 5. The Morgan fingerprint density at radius 2 is 1.69 bits per heavy atom. The van der Waals surface area contributed by atoms with Crippen LogP contribution in [-0.4, -0.2) is 54.4 Å². The number of amides is 2. The Morgan fingerprint density at radius 3 is 2.27 bits per heavy atom. The van der Waals surface area contributed by atoms with Crippen molar-refractivity contribution in [3.63, 3.8) is 0 Å². The maximum Gasteiger partial charge on any atom is 0.387 e. The Hall–Kier alpha value is -2.90. The zero-order valence-electron chi connectivity index (χ0n) is 13.9. The molecule has 8 heteroatoms. The second-order valence-electron chi connectivity index (χ2n) is 5.85. The Balaban J connectivity index is 1.50. The summed E-state index contributed by atoms with van der Waals surface area (Å²) < 4.78 is 33.7. The number of carbonyl (C=O) groups excluding carboxylic acids is 2. The molecule has 1 aliphatic rings. The molecular weight excluding hydrogens is 346 g/mol. The number of furan rings is 1. The van der Waals surface area contributed by atoms with E-state index in [0.717, 1.165) is 0 Å². The van der Waals surface area contributed by atoms with E-state index < -0.39 is 6.61 Å². The van der Waals surface area contributed by atoms with Crippen LogP contribution in [0.5, 0.6) is 5.75 Å². The molecular formula is C18H18F2N2O4. The second kappa shape index (κ2) is 7.99. The summed E-state index contributed by atoms with van der Waals surface area (Å²) in [5, 5.41) is 0. The molecule has 1 aromatic carbocycles. The monoisotopic (exact) mass is 364 g/mol. The summed E-state index contributed by atoms with van der Waals surface area (Å²) in [4.78, 5) is 27.9. The molecule has 0 N–H and O–H groups in total. The topological polar surface area (TPSA) is 63.0 Å². The minimum Gasteiger partial charge on any atom is -0.459 e. The van der Waals surface area contributed by atoms with Gasteiger partial charge in [-0.05, 0) is 29.8 Å². The number of hydrogen-bond donors (Lipinski definition) is 0. The van der Waals surface area contributed by atoms with Gasteiger partial charge in [0.05, 0.1) is 12.7 Å². The molecule has 0 radical (unpaired) electrons. The van der Waals surface area contributed by atoms with Crippen LogP contribution in [0, 0.1) is 0 Å². The van der Waals surface area contributed by atoms with E-state index in [2.05, 4.69) is 4.74 Å². The number of piperazine rings is 1. The lowest BCUT2D eigenvalue weighted by Crippen LogP contribution is -2.50. The maximum atomic E-state index is 12.4. The maximum absolute atomic E-state index is 12.4. The number of hydrogen-bond acceptors (Lipinski definition) is 4. The molecule has 1 aromatic heterocycles. The number of benzene rings is 1. The van der Waals surface area contributed by atoms with Gasteiger partial charge in [-0.3, -0.25) is 9.59 Å². The molecule has 1 fully saturated rings. The highest BCUT2D eigenvalue weighted by Gasteiger charge is 2.26. The van der Waals surface area contributed by atoms with Crippen molar-refractivity contribution >= 4 is 11.8 Å². The van der Waals surface area contributed by atoms with Gasteiger partial charge in [0, 0.05) is 26.2 Å². The van der Waals surface area contributed by atoms with Gasteiger partial charge in [-0.2, -0.15) is 8.78 Å². The molecule has 6 nitrogen and oxygen atoms in total. The molecule has 26 heavy (non-hydrogen) atoms. The van der Waals surface area contributed by atoms with Crippen LogP contribution in [0.25, 0.3) is 0 Å². The summed E-state index contributed by atoms with van der Waals surface area (Å²) in [7, 11) is 0. The second-order valence-corrected chi connectivity index (χ2v) is 5.85. The minimum absolute atomic E-state index is 0.0567. The fraction of sp³-hybridized carbons (Fsp3) is 0.333. The minimum atomic E-state index is -2.87. The summed E-state index contributed by atoms with van der Waals surface area (Å²) in [6.07, 6.45) is 1.62. The predicted octanol–water partition coefficient (Wildman–Crippen LogP) is 2.41. The molecule has 1 aliphatic heterocycles. The standard InChI is InChI=1S/C18H18F2N2O4/c19-18(20)26-14-5-3-13(4-6-14)12-16(23)21-7-9-22(10-8-21)17(24)15-2-1-11-25-15/h1-6,11,18H,7-10,12H2. The molecule has 0 aliphatic carbocycles. The highest BCUT2D eigenvalue weighted by atomic mass is 19.3. The molecule has 0 saturated carbocycles. The van der Waals surface area contributed by atoms with Crippen molar-refractivity contribution < 1.29 is 27.5 Å². The van der Waals surface area contributed by atoms with E-state index in [-0.39, 0.29) is 29.7 Å². The fourth-order valence-electron chi connectivity index (χ4n) is 2.79. The molecule has 138 valence electrons. The van der Waals surface area contributed by atoms with Gasteiger partial charge >= 0.3 is 6.61 Å². The quantitative estimate of drug-likeness (QED) is 0.817. The Bertz CT molecular complexity index is 739. The third-order valence-electron chi connectivity index (χ3n) is 4.16. The average molecular weight is 364 g/mol. The SMILES string of the molecule is O=C(Cc1ccc(OC(F)F)cc1)N1CCN(C(=O)c2ccco2)CC1. The first-order valence-electron chi connectivity index (χ1n) is 8.17. The first-order valence-corrected chi connectivity index (χ1v) is 8.17. The van der Waals surface area contributed by atoms with Crippen LogP contribution in [0.3, 0.4) is 0 Å². The van der Waals surface area contributed by atoms with Crippen LogP contribution >= 0.6 is 0 Å². The van der Waals surface area contributed by atoms with Gasteiger partial charge in [-0.1, -0.05) is 12.1 Å². The van der Waals surface area contributed by atoms with Crippen LogP contribution in [0.1, 0.15) is 16.1 Å². The van der Waals surface area contributed by atoms with Gasteiger partial charge < -0.3 is 19.0 Å². The van der Waals surface area contributed by atoms with Crippen molar-refractivity contribution in [2.24, 2.45) is 0 Å². The van der Waals surface area contributed by atoms with Gasteiger partial charge in [0.2, 0.25) is 5.91 Å². The third kappa shape index (κ3) is 4.38. The summed E-state index contributed by atoms with van der Waals surface area (Å²) in [5.41, 5.74) is 0.714. The Labute approximate surface area is 148 Å². The number of alkyl halides is 2. The number of carbonyl (C=O) groups is 2. The van der Waals surface area contributed by atoms with Crippen LogP contribution < -0.4 is 4.74 Å². The highest BCUT2D eigenvalue weighted by molar-refractivity contribution is 5.91. The number of nitrogens with zero attached hydrogens (tertiary/aromatic N) is 2. The van der Waals surface area contributed by atoms with Gasteiger partial charge in [0.25, 0.3) is 5.91 Å². The van der Waals surface area contributed by atoms with Crippen molar-refractivity contribution in [3.05, 3.63) is 54.0 Å². The summed E-state index contributed by atoms with van der Waals surface area (Å²) >= 11 is 0. The average Bonchev–Trinajstić information content (AvgIpc) is 3.17. The van der Waals surface area contributed by atoms with E-state index in [9.17, 15) is 18.4 Å². The van der Waals surface area contributed by atoms with Crippen molar-refractivity contribution in [2.45, 2.75) is 13.0 Å². The summed E-state index contributed by atoms with van der Waals surface area (Å²) in [6.45, 7) is -1.11. The predicted molar refractivity (Wildman–Crippen MR) is 88.0 cm³/mol. The fourth-order valence-corrected chi connectivity index (χ4v) is 2.79. The van der Waals surface area contributed by atoms with E-state index in [0.29, 0.717) is 31.7 Å².